The molecule has 0 radical (unpaired) electrons. The Hall–Kier alpha value is -2.32. The number of aliphatic carboxylic acids is 1. The Morgan fingerprint density at radius 3 is 2.38 bits per heavy atom. The van der Waals surface area contributed by atoms with Gasteiger partial charge in [-0.2, -0.15) is 0 Å². The molecule has 0 aliphatic carbocycles. The molecule has 0 aliphatic rings. The molecule has 136 valence electrons. The molecule has 2 aromatic rings. The number of halogens is 2. The van der Waals surface area contributed by atoms with Gasteiger partial charge in [-0.25, -0.2) is 4.79 Å². The Bertz CT molecular complexity index is 857. The van der Waals surface area contributed by atoms with Crippen LogP contribution in [-0.4, -0.2) is 22.1 Å². The summed E-state index contributed by atoms with van der Waals surface area (Å²) in [5.41, 5.74) is 1.22. The molecule has 0 fully saturated rings. The van der Waals surface area contributed by atoms with Gasteiger partial charge in [0.25, 0.3) is 0 Å². The highest BCUT2D eigenvalue weighted by molar-refractivity contribution is 9.11. The lowest BCUT2D eigenvalue weighted by Gasteiger charge is -2.13. The molecule has 0 saturated carbocycles. The van der Waals surface area contributed by atoms with Crippen LogP contribution in [0.5, 0.6) is 17.2 Å². The third kappa shape index (κ3) is 5.34. The van der Waals surface area contributed by atoms with E-state index in [4.69, 9.17) is 9.84 Å². The molecule has 0 unspecified atom stereocenters. The Labute approximate surface area is 166 Å². The summed E-state index contributed by atoms with van der Waals surface area (Å²) in [5, 5.41) is 20.8. The van der Waals surface area contributed by atoms with Crippen molar-refractivity contribution >= 4 is 49.4 Å². The van der Waals surface area contributed by atoms with Crippen molar-refractivity contribution in [3.8, 4) is 17.2 Å². The molecule has 0 atom stereocenters. The number of amides is 1. The Balaban J connectivity index is 2.21. The van der Waals surface area contributed by atoms with Gasteiger partial charge in [0, 0.05) is 17.8 Å². The van der Waals surface area contributed by atoms with Gasteiger partial charge in [-0.15, -0.1) is 0 Å². The van der Waals surface area contributed by atoms with Gasteiger partial charge in [0.05, 0.1) is 8.95 Å². The lowest BCUT2D eigenvalue weighted by atomic mass is 10.1. The first-order valence-electron chi connectivity index (χ1n) is 7.51. The van der Waals surface area contributed by atoms with Crippen LogP contribution in [0.3, 0.4) is 0 Å². The molecule has 1 amide bonds. The van der Waals surface area contributed by atoms with E-state index in [2.05, 4.69) is 37.2 Å². The maximum atomic E-state index is 11.7. The standard InChI is InChI=1S/C18H15Br2NO5/c1-2-10-7-12(3-4-15(10)22)26-18-13(19)8-11(9-14(18)20)21-16(23)5-6-17(24)25/h3-9,22H,2H2,1H3,(H,21,23)(H,24,25)/b6-5+. The van der Waals surface area contributed by atoms with E-state index in [0.29, 0.717) is 32.6 Å². The number of benzene rings is 2. The summed E-state index contributed by atoms with van der Waals surface area (Å²) in [6.45, 7) is 1.93. The number of hydrogen-bond acceptors (Lipinski definition) is 4. The molecular weight excluding hydrogens is 470 g/mol. The van der Waals surface area contributed by atoms with Crippen molar-refractivity contribution in [2.45, 2.75) is 13.3 Å². The van der Waals surface area contributed by atoms with Crippen LogP contribution in [0, 0.1) is 0 Å². The number of phenolic OH excluding ortho intramolecular Hbond substituents is 1. The van der Waals surface area contributed by atoms with Gasteiger partial charge in [0.2, 0.25) is 5.91 Å². The molecule has 26 heavy (non-hydrogen) atoms. The van der Waals surface area contributed by atoms with Gasteiger partial charge in [0.1, 0.15) is 11.5 Å². The smallest absolute Gasteiger partial charge is 0.328 e. The highest BCUT2D eigenvalue weighted by Crippen LogP contribution is 2.40. The van der Waals surface area contributed by atoms with E-state index in [1.165, 1.54) is 0 Å². The minimum absolute atomic E-state index is 0.213. The third-order valence-electron chi connectivity index (χ3n) is 3.29. The SMILES string of the molecule is CCc1cc(Oc2c(Br)cc(NC(=O)/C=C/C(=O)O)cc2Br)ccc1O. The number of anilines is 1. The van der Waals surface area contributed by atoms with Crippen molar-refractivity contribution in [1.29, 1.82) is 0 Å². The van der Waals surface area contributed by atoms with Crippen molar-refractivity contribution in [1.82, 2.24) is 0 Å². The highest BCUT2D eigenvalue weighted by atomic mass is 79.9. The van der Waals surface area contributed by atoms with E-state index in [1.54, 1.807) is 30.3 Å². The number of carboxylic acid groups (broad SMARTS) is 1. The highest BCUT2D eigenvalue weighted by Gasteiger charge is 2.12. The predicted molar refractivity (Wildman–Crippen MR) is 105 cm³/mol. The topological polar surface area (TPSA) is 95.9 Å². The fourth-order valence-electron chi connectivity index (χ4n) is 2.09. The summed E-state index contributed by atoms with van der Waals surface area (Å²) in [5.74, 6) is -0.498. The zero-order valence-electron chi connectivity index (χ0n) is 13.6. The lowest BCUT2D eigenvalue weighted by Crippen LogP contribution is -2.08. The summed E-state index contributed by atoms with van der Waals surface area (Å²) in [6.07, 6.45) is 2.35. The van der Waals surface area contributed by atoms with E-state index < -0.39 is 11.9 Å². The molecular formula is C18H15Br2NO5. The molecule has 0 aromatic heterocycles. The molecule has 0 aliphatic heterocycles. The predicted octanol–water partition coefficient (Wildman–Crippen LogP) is 4.85. The first kappa shape index (κ1) is 20.0. The first-order valence-corrected chi connectivity index (χ1v) is 9.09. The van der Waals surface area contributed by atoms with E-state index in [0.717, 1.165) is 17.7 Å². The number of carbonyl (C=O) groups is 2. The second kappa shape index (κ2) is 8.86. The molecule has 8 heteroatoms. The number of ether oxygens (including phenoxy) is 1. The molecule has 3 N–H and O–H groups in total. The molecule has 0 heterocycles. The van der Waals surface area contributed by atoms with E-state index in [-0.39, 0.29) is 5.75 Å². The van der Waals surface area contributed by atoms with Crippen molar-refractivity contribution in [3.05, 3.63) is 57.0 Å². The second-order valence-corrected chi connectivity index (χ2v) is 6.88. The fourth-order valence-corrected chi connectivity index (χ4v) is 3.44. The quantitative estimate of drug-likeness (QED) is 0.509. The van der Waals surface area contributed by atoms with Gasteiger partial charge in [-0.3, -0.25) is 4.79 Å². The molecule has 0 bridgehead atoms. The minimum atomic E-state index is -1.20. The first-order chi connectivity index (χ1) is 12.3. The van der Waals surface area contributed by atoms with E-state index >= 15 is 0 Å². The number of aromatic hydroxyl groups is 1. The maximum Gasteiger partial charge on any atom is 0.328 e. The Morgan fingerprint density at radius 1 is 1.15 bits per heavy atom. The van der Waals surface area contributed by atoms with Crippen molar-refractivity contribution in [2.75, 3.05) is 5.32 Å². The maximum absolute atomic E-state index is 11.7. The number of phenols is 1. The van der Waals surface area contributed by atoms with Gasteiger partial charge < -0.3 is 20.3 Å². The normalized spacial score (nSPS) is 10.7. The number of carbonyl (C=O) groups excluding carboxylic acids is 1. The summed E-state index contributed by atoms with van der Waals surface area (Å²) in [6, 6.07) is 8.24. The van der Waals surface area contributed by atoms with Crippen molar-refractivity contribution in [3.63, 3.8) is 0 Å². The summed E-state index contributed by atoms with van der Waals surface area (Å²) in [7, 11) is 0. The zero-order chi connectivity index (χ0) is 19.3. The van der Waals surface area contributed by atoms with Crippen LogP contribution in [0.25, 0.3) is 0 Å². The Kier molecular flexibility index (Phi) is 6.82. The van der Waals surface area contributed by atoms with Crippen LogP contribution in [0.1, 0.15) is 12.5 Å². The van der Waals surface area contributed by atoms with Gasteiger partial charge in [-0.05, 0) is 74.2 Å². The number of carboxylic acids is 1. The van der Waals surface area contributed by atoms with E-state index in [9.17, 15) is 14.7 Å². The molecule has 0 spiro atoms. The monoisotopic (exact) mass is 483 g/mol. The Morgan fingerprint density at radius 2 is 1.81 bits per heavy atom. The fraction of sp³-hybridized carbons (Fsp3) is 0.111. The number of rotatable bonds is 6. The van der Waals surface area contributed by atoms with Crippen LogP contribution in [0.2, 0.25) is 0 Å². The average molecular weight is 485 g/mol. The zero-order valence-corrected chi connectivity index (χ0v) is 16.8. The van der Waals surface area contributed by atoms with Crippen LogP contribution >= 0.6 is 31.9 Å². The minimum Gasteiger partial charge on any atom is -0.508 e. The number of nitrogens with one attached hydrogen (secondary N) is 1. The molecule has 0 saturated heterocycles. The largest absolute Gasteiger partial charge is 0.508 e. The van der Waals surface area contributed by atoms with Crippen LogP contribution in [0.4, 0.5) is 5.69 Å². The second-order valence-electron chi connectivity index (χ2n) is 5.18. The number of hydrogen-bond donors (Lipinski definition) is 3. The van der Waals surface area contributed by atoms with E-state index in [1.807, 2.05) is 6.92 Å². The van der Waals surface area contributed by atoms with Gasteiger partial charge in [0.15, 0.2) is 5.75 Å². The summed E-state index contributed by atoms with van der Waals surface area (Å²) in [4.78, 5) is 22.1. The van der Waals surface area contributed by atoms with Crippen LogP contribution < -0.4 is 10.1 Å². The van der Waals surface area contributed by atoms with Crippen molar-refractivity contribution < 1.29 is 24.5 Å². The molecule has 6 nitrogen and oxygen atoms in total. The lowest BCUT2D eigenvalue weighted by molar-refractivity contribution is -0.131. The molecule has 2 rings (SSSR count). The molecule has 2 aromatic carbocycles. The number of aryl methyl sites for hydroxylation is 1. The van der Waals surface area contributed by atoms with Crippen LogP contribution in [-0.2, 0) is 16.0 Å². The van der Waals surface area contributed by atoms with Gasteiger partial charge >= 0.3 is 5.97 Å². The summed E-state index contributed by atoms with van der Waals surface area (Å²) >= 11 is 6.78. The summed E-state index contributed by atoms with van der Waals surface area (Å²) < 4.78 is 7.03. The average Bonchev–Trinajstić information content (AvgIpc) is 2.57. The van der Waals surface area contributed by atoms with Gasteiger partial charge in [-0.1, -0.05) is 6.92 Å². The van der Waals surface area contributed by atoms with Crippen LogP contribution in [0.15, 0.2) is 51.4 Å². The van der Waals surface area contributed by atoms with Crippen molar-refractivity contribution in [2.24, 2.45) is 0 Å². The third-order valence-corrected chi connectivity index (χ3v) is 4.47.